The van der Waals surface area contributed by atoms with Crippen LogP contribution in [0.2, 0.25) is 5.15 Å². The van der Waals surface area contributed by atoms with E-state index in [0.717, 1.165) is 0 Å². The second kappa shape index (κ2) is 4.67. The Balaban J connectivity index is 2.28. The summed E-state index contributed by atoms with van der Waals surface area (Å²) < 4.78 is 0. The maximum Gasteiger partial charge on any atom is 0.236 e. The first-order chi connectivity index (χ1) is 7.70. The Bertz CT molecular complexity index is 528. The highest BCUT2D eigenvalue weighted by atomic mass is 35.5. The number of imidazole rings is 1. The fourth-order valence-corrected chi connectivity index (χ4v) is 1.70. The lowest BCUT2D eigenvalue weighted by Crippen LogP contribution is -2.16. The highest BCUT2D eigenvalue weighted by molar-refractivity contribution is 7.99. The van der Waals surface area contributed by atoms with E-state index in [4.69, 9.17) is 11.6 Å². The Morgan fingerprint density at radius 3 is 3.19 bits per heavy atom. The molecule has 2 rings (SSSR count). The van der Waals surface area contributed by atoms with E-state index < -0.39 is 0 Å². The Hall–Kier alpha value is -1.34. The van der Waals surface area contributed by atoms with E-state index >= 15 is 0 Å². The number of carbonyl (C=O) groups is 1. The lowest BCUT2D eigenvalue weighted by Gasteiger charge is -2.02. The summed E-state index contributed by atoms with van der Waals surface area (Å²) in [6.07, 6.45) is 3.31. The van der Waals surface area contributed by atoms with Crippen molar-refractivity contribution in [3.63, 3.8) is 0 Å². The summed E-state index contributed by atoms with van der Waals surface area (Å²) in [6, 6.07) is 0. The molecule has 2 heterocycles. The number of H-pyrrole nitrogens is 1. The van der Waals surface area contributed by atoms with Gasteiger partial charge in [-0.15, -0.1) is 0 Å². The van der Waals surface area contributed by atoms with Gasteiger partial charge in [0.2, 0.25) is 11.9 Å². The molecule has 0 aliphatic rings. The molecule has 8 heteroatoms. The van der Waals surface area contributed by atoms with E-state index in [2.05, 4.69) is 25.3 Å². The fraction of sp³-hybridized carbons (Fsp3) is 0.250. The summed E-state index contributed by atoms with van der Waals surface area (Å²) in [5, 5.41) is 2.78. The van der Waals surface area contributed by atoms with Crippen molar-refractivity contribution >= 4 is 46.4 Å². The van der Waals surface area contributed by atoms with E-state index in [1.165, 1.54) is 18.1 Å². The van der Waals surface area contributed by atoms with Gasteiger partial charge in [0.05, 0.1) is 12.1 Å². The van der Waals surface area contributed by atoms with Crippen molar-refractivity contribution in [3.8, 4) is 0 Å². The van der Waals surface area contributed by atoms with Crippen LogP contribution in [0.3, 0.4) is 0 Å². The largest absolute Gasteiger partial charge is 0.341 e. The summed E-state index contributed by atoms with van der Waals surface area (Å²) in [5.74, 6) is 0.349. The second-order valence-corrected chi connectivity index (χ2v) is 4.14. The van der Waals surface area contributed by atoms with Gasteiger partial charge in [-0.05, 0) is 6.26 Å². The van der Waals surface area contributed by atoms with Crippen LogP contribution in [0, 0.1) is 0 Å². The van der Waals surface area contributed by atoms with Crippen LogP contribution in [0.25, 0.3) is 11.2 Å². The minimum atomic E-state index is -0.168. The maximum atomic E-state index is 11.3. The SMILES string of the molecule is CSCC(=O)Nc1nc(Cl)c2[nH]cnc2n1. The molecule has 0 atom stereocenters. The lowest BCUT2D eigenvalue weighted by atomic mass is 10.5. The molecule has 84 valence electrons. The number of hydrogen-bond donors (Lipinski definition) is 2. The number of halogens is 1. The standard InChI is InChI=1S/C8H8ClN5OS/c1-16-2-4(15)12-8-13-6(9)5-7(14-8)11-3-10-5/h3H,2H2,1H3,(H2,10,11,12,13,14,15). The van der Waals surface area contributed by atoms with Crippen molar-refractivity contribution in [2.24, 2.45) is 0 Å². The monoisotopic (exact) mass is 257 g/mol. The van der Waals surface area contributed by atoms with Crippen molar-refractivity contribution in [2.45, 2.75) is 0 Å². The molecule has 2 N–H and O–H groups in total. The molecule has 2 aromatic heterocycles. The van der Waals surface area contributed by atoms with Gasteiger partial charge in [0.15, 0.2) is 10.8 Å². The topological polar surface area (TPSA) is 83.6 Å². The van der Waals surface area contributed by atoms with Crippen LogP contribution in [0.1, 0.15) is 0 Å². The number of carbonyl (C=O) groups excluding carboxylic acids is 1. The van der Waals surface area contributed by atoms with E-state index in [1.54, 1.807) is 0 Å². The number of nitrogens with one attached hydrogen (secondary N) is 2. The molecule has 0 radical (unpaired) electrons. The number of hydrogen-bond acceptors (Lipinski definition) is 5. The number of aromatic nitrogens is 4. The third-order valence-corrected chi connectivity index (χ3v) is 2.59. The minimum Gasteiger partial charge on any atom is -0.341 e. The molecule has 0 bridgehead atoms. The van der Waals surface area contributed by atoms with Crippen LogP contribution in [-0.2, 0) is 4.79 Å². The van der Waals surface area contributed by atoms with Crippen molar-refractivity contribution in [2.75, 3.05) is 17.3 Å². The number of amides is 1. The van der Waals surface area contributed by atoms with Crippen LogP contribution >= 0.6 is 23.4 Å². The first-order valence-electron chi connectivity index (χ1n) is 4.36. The molecule has 0 aliphatic heterocycles. The van der Waals surface area contributed by atoms with Crippen molar-refractivity contribution in [1.29, 1.82) is 0 Å². The number of anilines is 1. The van der Waals surface area contributed by atoms with Crippen LogP contribution in [-0.4, -0.2) is 37.9 Å². The molecule has 0 saturated carbocycles. The van der Waals surface area contributed by atoms with E-state index in [0.29, 0.717) is 16.9 Å². The van der Waals surface area contributed by atoms with Crippen LogP contribution in [0.5, 0.6) is 0 Å². The van der Waals surface area contributed by atoms with Crippen molar-refractivity contribution in [1.82, 2.24) is 19.9 Å². The molecule has 16 heavy (non-hydrogen) atoms. The fourth-order valence-electron chi connectivity index (χ4n) is 1.15. The highest BCUT2D eigenvalue weighted by Crippen LogP contribution is 2.18. The smallest absolute Gasteiger partial charge is 0.236 e. The summed E-state index contributed by atoms with van der Waals surface area (Å²) in [6.45, 7) is 0. The van der Waals surface area contributed by atoms with Gasteiger partial charge in [0.1, 0.15) is 5.52 Å². The molecule has 0 unspecified atom stereocenters. The van der Waals surface area contributed by atoms with Gasteiger partial charge in [-0.3, -0.25) is 10.1 Å². The summed E-state index contributed by atoms with van der Waals surface area (Å²) >= 11 is 7.30. The third kappa shape index (κ3) is 2.25. The number of aromatic amines is 1. The van der Waals surface area contributed by atoms with Gasteiger partial charge < -0.3 is 4.98 Å². The molecular formula is C8H8ClN5OS. The molecule has 2 aromatic rings. The predicted octanol–water partition coefficient (Wildman–Crippen LogP) is 1.31. The maximum absolute atomic E-state index is 11.3. The van der Waals surface area contributed by atoms with Crippen molar-refractivity contribution < 1.29 is 4.79 Å². The minimum absolute atomic E-state index is 0.168. The zero-order chi connectivity index (χ0) is 11.5. The van der Waals surface area contributed by atoms with E-state index in [9.17, 15) is 4.79 Å². The van der Waals surface area contributed by atoms with Gasteiger partial charge >= 0.3 is 0 Å². The molecule has 1 amide bonds. The van der Waals surface area contributed by atoms with E-state index in [1.807, 2.05) is 6.26 Å². The summed E-state index contributed by atoms with van der Waals surface area (Å²) in [7, 11) is 0. The average molecular weight is 258 g/mol. The number of thioether (sulfide) groups is 1. The Labute approximate surface area is 100 Å². The third-order valence-electron chi connectivity index (χ3n) is 1.77. The van der Waals surface area contributed by atoms with Crippen LogP contribution < -0.4 is 5.32 Å². The highest BCUT2D eigenvalue weighted by Gasteiger charge is 2.09. The number of nitrogens with zero attached hydrogens (tertiary/aromatic N) is 3. The normalized spacial score (nSPS) is 10.6. The number of fused-ring (bicyclic) bond motifs is 1. The Morgan fingerprint density at radius 2 is 2.44 bits per heavy atom. The van der Waals surface area contributed by atoms with Crippen LogP contribution in [0.15, 0.2) is 6.33 Å². The molecule has 0 spiro atoms. The summed E-state index contributed by atoms with van der Waals surface area (Å²) in [5.41, 5.74) is 0.990. The zero-order valence-electron chi connectivity index (χ0n) is 8.32. The van der Waals surface area contributed by atoms with Gasteiger partial charge in [0.25, 0.3) is 0 Å². The first kappa shape index (κ1) is 11.2. The van der Waals surface area contributed by atoms with E-state index in [-0.39, 0.29) is 17.0 Å². The molecular weight excluding hydrogens is 250 g/mol. The molecule has 6 nitrogen and oxygen atoms in total. The predicted molar refractivity (Wildman–Crippen MR) is 63.7 cm³/mol. The first-order valence-corrected chi connectivity index (χ1v) is 6.13. The van der Waals surface area contributed by atoms with Gasteiger partial charge in [0, 0.05) is 0 Å². The van der Waals surface area contributed by atoms with Gasteiger partial charge in [-0.25, -0.2) is 4.98 Å². The average Bonchev–Trinajstić information content (AvgIpc) is 2.66. The van der Waals surface area contributed by atoms with Gasteiger partial charge in [-0.1, -0.05) is 11.6 Å². The molecule has 0 fully saturated rings. The van der Waals surface area contributed by atoms with Crippen molar-refractivity contribution in [3.05, 3.63) is 11.5 Å². The van der Waals surface area contributed by atoms with Gasteiger partial charge in [-0.2, -0.15) is 21.7 Å². The molecule has 0 saturated heterocycles. The molecule has 0 aromatic carbocycles. The Kier molecular flexibility index (Phi) is 3.25. The molecule has 0 aliphatic carbocycles. The second-order valence-electron chi connectivity index (χ2n) is 2.92. The summed E-state index contributed by atoms with van der Waals surface area (Å²) in [4.78, 5) is 26.0. The Morgan fingerprint density at radius 1 is 1.62 bits per heavy atom. The quantitative estimate of drug-likeness (QED) is 0.810. The van der Waals surface area contributed by atoms with Crippen LogP contribution in [0.4, 0.5) is 5.95 Å². The zero-order valence-corrected chi connectivity index (χ0v) is 9.89. The lowest BCUT2D eigenvalue weighted by molar-refractivity contribution is -0.113. The number of rotatable bonds is 3.